The third-order valence-electron chi connectivity index (χ3n) is 5.07. The number of ether oxygens (including phenoxy) is 1. The number of benzene rings is 2. The highest BCUT2D eigenvalue weighted by Crippen LogP contribution is 2.30. The summed E-state index contributed by atoms with van der Waals surface area (Å²) in [5, 5.41) is 18.4. The van der Waals surface area contributed by atoms with E-state index in [0.717, 1.165) is 4.31 Å². The number of nitrogens with one attached hydrogen (secondary N) is 2. The number of H-pyrrole nitrogens is 1. The van der Waals surface area contributed by atoms with Crippen LogP contribution in [-0.4, -0.2) is 45.2 Å². The number of aromatic nitrogens is 2. The summed E-state index contributed by atoms with van der Waals surface area (Å²) in [6.45, 7) is 0.360. The molecule has 1 amide bonds. The van der Waals surface area contributed by atoms with E-state index in [9.17, 15) is 13.2 Å². The summed E-state index contributed by atoms with van der Waals surface area (Å²) >= 11 is 0. The van der Waals surface area contributed by atoms with Gasteiger partial charge in [-0.3, -0.25) is 14.2 Å². The highest BCUT2D eigenvalue weighted by molar-refractivity contribution is 7.92. The van der Waals surface area contributed by atoms with Crippen LogP contribution in [0.2, 0.25) is 0 Å². The van der Waals surface area contributed by atoms with Gasteiger partial charge in [0.2, 0.25) is 0 Å². The summed E-state index contributed by atoms with van der Waals surface area (Å²) in [6.07, 6.45) is 1.07. The van der Waals surface area contributed by atoms with E-state index in [2.05, 4.69) is 15.5 Å². The van der Waals surface area contributed by atoms with Gasteiger partial charge in [-0.05, 0) is 49.2 Å². The average molecular weight is 469 g/mol. The molecule has 0 bridgehead atoms. The first-order valence-electron chi connectivity index (χ1n) is 10.0. The number of nitrogens with zero attached hydrogens (tertiary/aromatic N) is 3. The molecule has 0 spiro atoms. The number of nitriles is 1. The number of rotatable bonds is 9. The lowest BCUT2D eigenvalue weighted by Gasteiger charge is -2.21. The maximum Gasteiger partial charge on any atom is 0.264 e. The highest BCUT2D eigenvalue weighted by atomic mass is 32.2. The van der Waals surface area contributed by atoms with E-state index < -0.39 is 10.0 Å². The highest BCUT2D eigenvalue weighted by Gasteiger charge is 2.24. The number of amides is 1. The van der Waals surface area contributed by atoms with Crippen molar-refractivity contribution in [2.75, 3.05) is 30.7 Å². The molecule has 4 N–H and O–H groups in total. The van der Waals surface area contributed by atoms with Gasteiger partial charge in [-0.25, -0.2) is 8.42 Å². The summed E-state index contributed by atoms with van der Waals surface area (Å²) in [6, 6.07) is 14.5. The van der Waals surface area contributed by atoms with Crippen LogP contribution in [0.25, 0.3) is 0 Å². The van der Waals surface area contributed by atoms with Crippen molar-refractivity contribution in [2.24, 2.45) is 0 Å². The average Bonchev–Trinajstić information content (AvgIpc) is 3.20. The van der Waals surface area contributed by atoms with E-state index in [0.29, 0.717) is 47.6 Å². The molecule has 0 radical (unpaired) electrons. The molecule has 11 heteroatoms. The number of hydrogen-bond donors (Lipinski definition) is 3. The number of carbonyl (C=O) groups is 1. The Morgan fingerprint density at radius 1 is 1.24 bits per heavy atom. The molecule has 3 aromatic rings. The lowest BCUT2D eigenvalue weighted by Crippen LogP contribution is -2.27. The topological polar surface area (TPSA) is 154 Å². The van der Waals surface area contributed by atoms with Crippen molar-refractivity contribution in [1.29, 1.82) is 5.26 Å². The van der Waals surface area contributed by atoms with Crippen LogP contribution in [0.4, 0.5) is 11.5 Å². The van der Waals surface area contributed by atoms with Gasteiger partial charge in [0.1, 0.15) is 17.4 Å². The second kappa shape index (κ2) is 10.1. The Labute approximate surface area is 192 Å². The van der Waals surface area contributed by atoms with Crippen LogP contribution in [-0.2, 0) is 16.4 Å². The summed E-state index contributed by atoms with van der Waals surface area (Å²) in [4.78, 5) is 12.5. The van der Waals surface area contributed by atoms with Gasteiger partial charge >= 0.3 is 0 Å². The van der Waals surface area contributed by atoms with E-state index in [1.165, 1.54) is 38.4 Å². The zero-order valence-corrected chi connectivity index (χ0v) is 19.0. The van der Waals surface area contributed by atoms with Crippen molar-refractivity contribution in [1.82, 2.24) is 15.5 Å². The summed E-state index contributed by atoms with van der Waals surface area (Å²) in [5.41, 5.74) is 7.28. The molecule has 0 aliphatic rings. The zero-order valence-electron chi connectivity index (χ0n) is 18.2. The van der Waals surface area contributed by atoms with Crippen molar-refractivity contribution in [3.63, 3.8) is 0 Å². The Hall–Kier alpha value is -4.04. The van der Waals surface area contributed by atoms with E-state index in [1.54, 1.807) is 24.3 Å². The molecular weight excluding hydrogens is 444 g/mol. The fourth-order valence-corrected chi connectivity index (χ4v) is 4.43. The largest absolute Gasteiger partial charge is 0.495 e. The van der Waals surface area contributed by atoms with Gasteiger partial charge in [-0.2, -0.15) is 10.4 Å². The minimum atomic E-state index is -3.85. The Morgan fingerprint density at radius 3 is 2.61 bits per heavy atom. The van der Waals surface area contributed by atoms with Crippen LogP contribution >= 0.6 is 0 Å². The predicted octanol–water partition coefficient (Wildman–Crippen LogP) is 2.06. The van der Waals surface area contributed by atoms with E-state index >= 15 is 0 Å². The van der Waals surface area contributed by atoms with Gasteiger partial charge in [0, 0.05) is 19.2 Å². The molecule has 0 saturated heterocycles. The molecule has 0 unspecified atom stereocenters. The Morgan fingerprint density at radius 2 is 1.94 bits per heavy atom. The van der Waals surface area contributed by atoms with Gasteiger partial charge in [-0.1, -0.05) is 12.1 Å². The molecule has 0 saturated carbocycles. The Bertz CT molecular complexity index is 1280. The molecule has 0 atom stereocenters. The second-order valence-corrected chi connectivity index (χ2v) is 9.07. The molecule has 0 aliphatic heterocycles. The molecule has 1 heterocycles. The van der Waals surface area contributed by atoms with Crippen molar-refractivity contribution >= 4 is 27.4 Å². The monoisotopic (exact) mass is 468 g/mol. The number of para-hydroxylation sites is 2. The quantitative estimate of drug-likeness (QED) is 0.406. The fourth-order valence-electron chi connectivity index (χ4n) is 3.22. The SMILES string of the molecule is COc1ccccc1N(C)S(=O)(=O)c1ccc(C(=O)NCCCc2[nH]nc(N)c2C#N)cc1. The number of aryl methyl sites for hydroxylation is 1. The zero-order chi connectivity index (χ0) is 24.0. The molecular formula is C22H24N6O4S. The first-order valence-corrected chi connectivity index (χ1v) is 11.5. The normalized spacial score (nSPS) is 10.9. The van der Waals surface area contributed by atoms with E-state index in [4.69, 9.17) is 15.7 Å². The molecule has 0 fully saturated rings. The van der Waals surface area contributed by atoms with Crippen molar-refractivity contribution in [3.05, 3.63) is 65.4 Å². The third-order valence-corrected chi connectivity index (χ3v) is 6.86. The number of anilines is 2. The maximum absolute atomic E-state index is 13.0. The van der Waals surface area contributed by atoms with Gasteiger partial charge in [0.05, 0.1) is 23.4 Å². The number of carbonyl (C=O) groups excluding carboxylic acids is 1. The Kier molecular flexibility index (Phi) is 7.20. The standard InChI is InChI=1S/C22H24N6O4S/c1-28(19-7-3-4-8-20(19)32-2)33(30,31)16-11-9-15(10-12-16)22(29)25-13-5-6-18-17(14-23)21(24)27-26-18/h3-4,7-12H,5-6,13H2,1-2H3,(H,25,29)(H3,24,26,27). The number of hydrogen-bond acceptors (Lipinski definition) is 7. The molecule has 3 rings (SSSR count). The Balaban J connectivity index is 1.62. The second-order valence-electron chi connectivity index (χ2n) is 7.10. The fraction of sp³-hybridized carbons (Fsp3) is 0.227. The molecule has 10 nitrogen and oxygen atoms in total. The van der Waals surface area contributed by atoms with Crippen molar-refractivity contribution < 1.29 is 17.9 Å². The molecule has 0 aliphatic carbocycles. The third kappa shape index (κ3) is 5.07. The molecule has 33 heavy (non-hydrogen) atoms. The molecule has 2 aromatic carbocycles. The number of nitrogen functional groups attached to an aromatic ring is 1. The van der Waals surface area contributed by atoms with Crippen LogP contribution in [0.1, 0.15) is 28.0 Å². The number of sulfonamides is 1. The van der Waals surface area contributed by atoms with E-state index in [-0.39, 0.29) is 16.6 Å². The number of nitrogens with two attached hydrogens (primary N) is 1. The lowest BCUT2D eigenvalue weighted by molar-refractivity contribution is 0.0953. The van der Waals surface area contributed by atoms with Crippen LogP contribution in [0.15, 0.2) is 53.4 Å². The lowest BCUT2D eigenvalue weighted by atomic mass is 10.1. The first-order chi connectivity index (χ1) is 15.8. The maximum atomic E-state index is 13.0. The van der Waals surface area contributed by atoms with Gasteiger partial charge < -0.3 is 15.8 Å². The van der Waals surface area contributed by atoms with Gasteiger partial charge in [-0.15, -0.1) is 0 Å². The smallest absolute Gasteiger partial charge is 0.264 e. The summed E-state index contributed by atoms with van der Waals surface area (Å²) in [7, 11) is -0.933. The number of aromatic amines is 1. The van der Waals surface area contributed by atoms with E-state index in [1.807, 2.05) is 6.07 Å². The predicted molar refractivity (Wildman–Crippen MR) is 123 cm³/mol. The van der Waals surface area contributed by atoms with Crippen LogP contribution in [0.5, 0.6) is 5.75 Å². The minimum Gasteiger partial charge on any atom is -0.495 e. The van der Waals surface area contributed by atoms with Gasteiger partial charge in [0.15, 0.2) is 5.82 Å². The minimum absolute atomic E-state index is 0.0494. The van der Waals surface area contributed by atoms with Crippen molar-refractivity contribution in [3.8, 4) is 11.8 Å². The van der Waals surface area contributed by atoms with Crippen LogP contribution in [0, 0.1) is 11.3 Å². The summed E-state index contributed by atoms with van der Waals surface area (Å²) < 4.78 is 32.4. The number of methoxy groups -OCH3 is 1. The van der Waals surface area contributed by atoms with Gasteiger partial charge in [0.25, 0.3) is 15.9 Å². The molecule has 172 valence electrons. The first kappa shape index (κ1) is 23.6. The van der Waals surface area contributed by atoms with Crippen molar-refractivity contribution in [2.45, 2.75) is 17.7 Å². The summed E-state index contributed by atoms with van der Waals surface area (Å²) in [5.74, 6) is 0.254. The van der Waals surface area contributed by atoms with Crippen LogP contribution < -0.4 is 20.1 Å². The molecule has 1 aromatic heterocycles. The van der Waals surface area contributed by atoms with Crippen LogP contribution in [0.3, 0.4) is 0 Å².